The van der Waals surface area contributed by atoms with Gasteiger partial charge in [-0.1, -0.05) is 0 Å². The zero-order valence-corrected chi connectivity index (χ0v) is 10.7. The third-order valence-electron chi connectivity index (χ3n) is 3.68. The zero-order valence-electron chi connectivity index (χ0n) is 10.7. The van der Waals surface area contributed by atoms with Crippen LogP contribution in [0.1, 0.15) is 43.8 Å². The lowest BCUT2D eigenvalue weighted by atomic mass is 9.86. The molecule has 0 aliphatic heterocycles. The summed E-state index contributed by atoms with van der Waals surface area (Å²) in [5.41, 5.74) is -1.39. The van der Waals surface area contributed by atoms with Crippen LogP contribution in [0.3, 0.4) is 0 Å². The van der Waals surface area contributed by atoms with E-state index in [2.05, 4.69) is 9.94 Å². The molecule has 0 N–H and O–H groups in total. The maximum absolute atomic E-state index is 12.7. The molecule has 2 rings (SSSR count). The molecule has 0 aromatic carbocycles. The molecule has 0 unspecified atom stereocenters. The lowest BCUT2D eigenvalue weighted by Crippen LogP contribution is -2.20. The van der Waals surface area contributed by atoms with Gasteiger partial charge in [0.05, 0.1) is 11.0 Å². The highest BCUT2D eigenvalue weighted by Gasteiger charge is 2.31. The van der Waals surface area contributed by atoms with E-state index in [1.807, 2.05) is 0 Å². The van der Waals surface area contributed by atoms with Gasteiger partial charge >= 0.3 is 5.69 Å². The molecule has 20 heavy (non-hydrogen) atoms. The molecule has 0 saturated heterocycles. The highest BCUT2D eigenvalue weighted by atomic mass is 19.3. The van der Waals surface area contributed by atoms with Crippen molar-refractivity contribution in [2.75, 3.05) is 6.54 Å². The second-order valence-corrected chi connectivity index (χ2v) is 4.95. The molecule has 0 radical (unpaired) electrons. The van der Waals surface area contributed by atoms with Crippen molar-refractivity contribution >= 4 is 5.69 Å². The smallest absolute Gasteiger partial charge is 0.316 e. The molecule has 0 atom stereocenters. The SMILES string of the molecule is [C-]#[N+]CC1CCC(n2cc([N+](=O)[O-])c(C(F)F)n2)CC1. The zero-order chi connectivity index (χ0) is 14.7. The quantitative estimate of drug-likeness (QED) is 0.483. The average Bonchev–Trinajstić information content (AvgIpc) is 2.85. The highest BCUT2D eigenvalue weighted by Crippen LogP contribution is 2.35. The van der Waals surface area contributed by atoms with Crippen molar-refractivity contribution < 1.29 is 13.7 Å². The number of nitrogens with zero attached hydrogens (tertiary/aromatic N) is 4. The van der Waals surface area contributed by atoms with Gasteiger partial charge in [0.15, 0.2) is 0 Å². The molecule has 1 fully saturated rings. The van der Waals surface area contributed by atoms with Gasteiger partial charge in [0.25, 0.3) is 6.43 Å². The van der Waals surface area contributed by atoms with Crippen LogP contribution in [0.5, 0.6) is 0 Å². The van der Waals surface area contributed by atoms with E-state index in [1.54, 1.807) is 0 Å². The maximum atomic E-state index is 12.7. The van der Waals surface area contributed by atoms with E-state index in [9.17, 15) is 18.9 Å². The van der Waals surface area contributed by atoms with Crippen LogP contribution < -0.4 is 0 Å². The molecular weight excluding hydrogens is 270 g/mol. The predicted molar refractivity (Wildman–Crippen MR) is 66.3 cm³/mol. The lowest BCUT2D eigenvalue weighted by molar-refractivity contribution is -0.386. The van der Waals surface area contributed by atoms with Crippen LogP contribution in [-0.4, -0.2) is 21.2 Å². The van der Waals surface area contributed by atoms with Crippen LogP contribution in [0.4, 0.5) is 14.5 Å². The maximum Gasteiger partial charge on any atom is 0.316 e. The van der Waals surface area contributed by atoms with Crippen molar-refractivity contribution in [3.8, 4) is 0 Å². The van der Waals surface area contributed by atoms with E-state index in [4.69, 9.17) is 6.57 Å². The first kappa shape index (κ1) is 14.4. The molecule has 0 spiro atoms. The van der Waals surface area contributed by atoms with Gasteiger partial charge in [-0.2, -0.15) is 5.10 Å². The molecular formula is C12H14F2N4O2. The third kappa shape index (κ3) is 2.92. The summed E-state index contributed by atoms with van der Waals surface area (Å²) in [6.07, 6.45) is 1.22. The number of nitro groups is 1. The Kier molecular flexibility index (Phi) is 4.27. The highest BCUT2D eigenvalue weighted by molar-refractivity contribution is 5.33. The summed E-state index contributed by atoms with van der Waals surface area (Å²) in [5.74, 6) is 0.337. The van der Waals surface area contributed by atoms with Gasteiger partial charge in [-0.3, -0.25) is 14.8 Å². The van der Waals surface area contributed by atoms with Crippen LogP contribution in [0.2, 0.25) is 0 Å². The van der Waals surface area contributed by atoms with Gasteiger partial charge in [-0.15, -0.1) is 0 Å². The van der Waals surface area contributed by atoms with E-state index in [1.165, 1.54) is 4.68 Å². The summed E-state index contributed by atoms with van der Waals surface area (Å²) < 4.78 is 26.7. The monoisotopic (exact) mass is 284 g/mol. The fourth-order valence-corrected chi connectivity index (χ4v) is 2.60. The Balaban J connectivity index is 2.13. The predicted octanol–water partition coefficient (Wildman–Crippen LogP) is 3.38. The van der Waals surface area contributed by atoms with Crippen LogP contribution in [-0.2, 0) is 0 Å². The van der Waals surface area contributed by atoms with Crippen LogP contribution in [0.15, 0.2) is 6.20 Å². The van der Waals surface area contributed by atoms with Crippen molar-refractivity contribution in [1.82, 2.24) is 9.78 Å². The number of hydrogen-bond donors (Lipinski definition) is 0. The summed E-state index contributed by atoms with van der Waals surface area (Å²) in [6, 6.07) is -0.0943. The molecule has 1 aliphatic carbocycles. The van der Waals surface area contributed by atoms with Gasteiger partial charge < -0.3 is 4.85 Å². The number of halogens is 2. The molecule has 1 aromatic heterocycles. The molecule has 0 amide bonds. The molecule has 0 bridgehead atoms. The minimum Gasteiger partial charge on any atom is -0.317 e. The Hall–Kier alpha value is -2.04. The standard InChI is InChI=1S/C12H14F2N4O2/c1-15-6-8-2-4-9(5-3-8)17-7-10(18(19)20)11(16-17)12(13)14/h7-9,12H,2-6H2. The van der Waals surface area contributed by atoms with E-state index in [-0.39, 0.29) is 6.04 Å². The topological polar surface area (TPSA) is 65.3 Å². The Morgan fingerprint density at radius 1 is 1.50 bits per heavy atom. The van der Waals surface area contributed by atoms with Crippen molar-refractivity contribution in [3.63, 3.8) is 0 Å². The van der Waals surface area contributed by atoms with Crippen LogP contribution >= 0.6 is 0 Å². The molecule has 8 heteroatoms. The number of hydrogen-bond acceptors (Lipinski definition) is 3. The molecule has 1 heterocycles. The van der Waals surface area contributed by atoms with E-state index in [0.29, 0.717) is 25.3 Å². The lowest BCUT2D eigenvalue weighted by Gasteiger charge is -2.25. The molecule has 1 aliphatic rings. The van der Waals surface area contributed by atoms with E-state index < -0.39 is 22.7 Å². The average molecular weight is 284 g/mol. The molecule has 108 valence electrons. The summed E-state index contributed by atoms with van der Waals surface area (Å²) in [6.45, 7) is 7.31. The Morgan fingerprint density at radius 3 is 2.60 bits per heavy atom. The Morgan fingerprint density at radius 2 is 2.15 bits per heavy atom. The van der Waals surface area contributed by atoms with E-state index in [0.717, 1.165) is 19.0 Å². The summed E-state index contributed by atoms with van der Waals surface area (Å²) in [5, 5.41) is 14.4. The van der Waals surface area contributed by atoms with Crippen molar-refractivity contribution in [2.24, 2.45) is 5.92 Å². The minimum atomic E-state index is -2.95. The first-order chi connectivity index (χ1) is 9.52. The first-order valence-electron chi connectivity index (χ1n) is 6.37. The number of rotatable bonds is 4. The van der Waals surface area contributed by atoms with Gasteiger partial charge in [0, 0.05) is 5.92 Å². The van der Waals surface area contributed by atoms with Crippen molar-refractivity contribution in [3.05, 3.63) is 33.4 Å². The number of aromatic nitrogens is 2. The Bertz CT molecular complexity index is 530. The second kappa shape index (κ2) is 5.94. The summed E-state index contributed by atoms with van der Waals surface area (Å²) >= 11 is 0. The van der Waals surface area contributed by atoms with Gasteiger partial charge in [0.1, 0.15) is 6.20 Å². The van der Waals surface area contributed by atoms with Crippen molar-refractivity contribution in [1.29, 1.82) is 0 Å². The molecule has 6 nitrogen and oxygen atoms in total. The summed E-state index contributed by atoms with van der Waals surface area (Å²) in [4.78, 5) is 13.3. The second-order valence-electron chi connectivity index (χ2n) is 4.95. The van der Waals surface area contributed by atoms with Crippen LogP contribution in [0.25, 0.3) is 4.85 Å². The normalized spacial score (nSPS) is 22.7. The molecule has 1 saturated carbocycles. The third-order valence-corrected chi connectivity index (χ3v) is 3.68. The largest absolute Gasteiger partial charge is 0.317 e. The fourth-order valence-electron chi connectivity index (χ4n) is 2.60. The van der Waals surface area contributed by atoms with E-state index >= 15 is 0 Å². The first-order valence-corrected chi connectivity index (χ1v) is 6.37. The van der Waals surface area contributed by atoms with Crippen LogP contribution in [0, 0.1) is 22.6 Å². The summed E-state index contributed by atoms with van der Waals surface area (Å²) in [7, 11) is 0. The van der Waals surface area contributed by atoms with Crippen molar-refractivity contribution in [2.45, 2.75) is 38.2 Å². The molecule has 1 aromatic rings. The fraction of sp³-hybridized carbons (Fsp3) is 0.667. The van der Waals surface area contributed by atoms with Gasteiger partial charge in [0.2, 0.25) is 12.2 Å². The minimum absolute atomic E-state index is 0.0943. The van der Waals surface area contributed by atoms with Gasteiger partial charge in [-0.05, 0) is 25.7 Å². The number of alkyl halides is 2. The Labute approximate surface area is 114 Å². The van der Waals surface area contributed by atoms with Gasteiger partial charge in [-0.25, -0.2) is 15.4 Å².